The summed E-state index contributed by atoms with van der Waals surface area (Å²) in [6.07, 6.45) is 5.61. The highest BCUT2D eigenvalue weighted by atomic mass is 15.3. The van der Waals surface area contributed by atoms with Crippen molar-refractivity contribution < 1.29 is 0 Å². The first-order valence-corrected chi connectivity index (χ1v) is 7.92. The third-order valence-corrected chi connectivity index (χ3v) is 4.15. The second kappa shape index (κ2) is 6.39. The van der Waals surface area contributed by atoms with Gasteiger partial charge < -0.3 is 5.32 Å². The molecule has 0 saturated carbocycles. The Bertz CT molecular complexity index is 588. The fourth-order valence-corrected chi connectivity index (χ4v) is 3.07. The van der Waals surface area contributed by atoms with Crippen molar-refractivity contribution in [2.24, 2.45) is 0 Å². The van der Waals surface area contributed by atoms with Gasteiger partial charge in [-0.1, -0.05) is 38.1 Å². The smallest absolute Gasteiger partial charge is 0.164 e. The van der Waals surface area contributed by atoms with Gasteiger partial charge in [-0.2, -0.15) is 5.10 Å². The summed E-state index contributed by atoms with van der Waals surface area (Å²) in [5.74, 6) is 1.45. The van der Waals surface area contributed by atoms with Crippen LogP contribution >= 0.6 is 0 Å². The van der Waals surface area contributed by atoms with Crippen LogP contribution in [0.1, 0.15) is 49.6 Å². The van der Waals surface area contributed by atoms with Gasteiger partial charge in [0.2, 0.25) is 0 Å². The van der Waals surface area contributed by atoms with Crippen LogP contribution in [0.5, 0.6) is 0 Å². The topological polar surface area (TPSA) is 42.7 Å². The minimum absolute atomic E-state index is 0.460. The number of hydrogen-bond donors (Lipinski definition) is 1. The van der Waals surface area contributed by atoms with Crippen molar-refractivity contribution in [3.05, 3.63) is 47.5 Å². The van der Waals surface area contributed by atoms with E-state index < -0.39 is 0 Å². The zero-order valence-electron chi connectivity index (χ0n) is 12.9. The van der Waals surface area contributed by atoms with Gasteiger partial charge in [-0.05, 0) is 30.4 Å². The van der Waals surface area contributed by atoms with Crippen molar-refractivity contribution >= 4 is 0 Å². The Hall–Kier alpha value is -1.68. The number of hydrogen-bond acceptors (Lipinski definition) is 3. The highest BCUT2D eigenvalue weighted by molar-refractivity contribution is 5.32. The normalized spacial score (nSPS) is 18.0. The molecule has 4 nitrogen and oxygen atoms in total. The standard InChI is InChI=1S/C17H24N4/c1-13(2)18-10-17-19-12-21(20-17)11-15-8-5-7-14-6-3-4-9-16(14)15/h3-4,6,9,12-13,15,18H,5,7-8,10-11H2,1-2H3. The highest BCUT2D eigenvalue weighted by Gasteiger charge is 2.20. The van der Waals surface area contributed by atoms with Gasteiger partial charge in [0.1, 0.15) is 6.33 Å². The molecule has 0 bridgehead atoms. The van der Waals surface area contributed by atoms with Crippen LogP contribution in [0, 0.1) is 0 Å². The van der Waals surface area contributed by atoms with Crippen LogP contribution in [-0.4, -0.2) is 20.8 Å². The number of nitrogens with one attached hydrogen (secondary N) is 1. The number of aromatic nitrogens is 3. The van der Waals surface area contributed by atoms with Crippen molar-refractivity contribution in [1.29, 1.82) is 0 Å². The lowest BCUT2D eigenvalue weighted by atomic mass is 9.83. The van der Waals surface area contributed by atoms with Crippen LogP contribution in [0.15, 0.2) is 30.6 Å². The van der Waals surface area contributed by atoms with E-state index in [1.165, 1.54) is 30.4 Å². The molecule has 1 unspecified atom stereocenters. The molecule has 0 radical (unpaired) electrons. The predicted octanol–water partition coefficient (Wildman–Crippen LogP) is 2.90. The van der Waals surface area contributed by atoms with Gasteiger partial charge in [0.05, 0.1) is 6.54 Å². The molecule has 4 heteroatoms. The molecule has 0 saturated heterocycles. The molecule has 1 aromatic carbocycles. The Labute approximate surface area is 126 Å². The van der Waals surface area contributed by atoms with Crippen LogP contribution in [0.3, 0.4) is 0 Å². The number of benzene rings is 1. The van der Waals surface area contributed by atoms with Gasteiger partial charge >= 0.3 is 0 Å². The molecule has 0 aliphatic heterocycles. The summed E-state index contributed by atoms with van der Waals surface area (Å²) in [6, 6.07) is 9.29. The van der Waals surface area contributed by atoms with Gasteiger partial charge in [0, 0.05) is 18.5 Å². The van der Waals surface area contributed by atoms with Gasteiger partial charge in [-0.15, -0.1) is 0 Å². The molecule has 1 atom stereocenters. The minimum atomic E-state index is 0.460. The molecule has 1 N–H and O–H groups in total. The van der Waals surface area contributed by atoms with Crippen molar-refractivity contribution in [2.45, 2.75) is 58.2 Å². The van der Waals surface area contributed by atoms with Crippen LogP contribution in [-0.2, 0) is 19.5 Å². The van der Waals surface area contributed by atoms with Crippen molar-refractivity contribution in [2.75, 3.05) is 0 Å². The molecule has 1 aliphatic carbocycles. The average molecular weight is 284 g/mol. The molecule has 0 amide bonds. The van der Waals surface area contributed by atoms with Crippen molar-refractivity contribution in [3.63, 3.8) is 0 Å². The lowest BCUT2D eigenvalue weighted by molar-refractivity contribution is 0.452. The molecule has 3 rings (SSSR count). The van der Waals surface area contributed by atoms with Crippen LogP contribution < -0.4 is 5.32 Å². The summed E-state index contributed by atoms with van der Waals surface area (Å²) in [7, 11) is 0. The van der Waals surface area contributed by atoms with E-state index in [-0.39, 0.29) is 0 Å². The molecular weight excluding hydrogens is 260 g/mol. The molecule has 1 heterocycles. The van der Waals surface area contributed by atoms with Crippen LogP contribution in [0.2, 0.25) is 0 Å². The Morgan fingerprint density at radius 1 is 1.33 bits per heavy atom. The zero-order valence-corrected chi connectivity index (χ0v) is 12.9. The minimum Gasteiger partial charge on any atom is -0.308 e. The summed E-state index contributed by atoms with van der Waals surface area (Å²) < 4.78 is 2.00. The second-order valence-electron chi connectivity index (χ2n) is 6.21. The molecule has 112 valence electrons. The Morgan fingerprint density at radius 2 is 2.19 bits per heavy atom. The fourth-order valence-electron chi connectivity index (χ4n) is 3.07. The highest BCUT2D eigenvalue weighted by Crippen LogP contribution is 2.32. The first kappa shape index (κ1) is 14.3. The van der Waals surface area contributed by atoms with E-state index in [0.29, 0.717) is 12.0 Å². The van der Waals surface area contributed by atoms with Crippen LogP contribution in [0.4, 0.5) is 0 Å². The zero-order chi connectivity index (χ0) is 14.7. The lowest BCUT2D eigenvalue weighted by Crippen LogP contribution is -2.22. The first-order chi connectivity index (χ1) is 10.2. The average Bonchev–Trinajstić information content (AvgIpc) is 2.93. The van der Waals surface area contributed by atoms with E-state index in [1.807, 2.05) is 11.0 Å². The summed E-state index contributed by atoms with van der Waals surface area (Å²) in [4.78, 5) is 4.40. The third kappa shape index (κ3) is 3.50. The largest absolute Gasteiger partial charge is 0.308 e. The number of nitrogens with zero attached hydrogens (tertiary/aromatic N) is 3. The second-order valence-corrected chi connectivity index (χ2v) is 6.21. The van der Waals surface area contributed by atoms with Gasteiger partial charge in [0.15, 0.2) is 5.82 Å². The summed E-state index contributed by atoms with van der Waals surface area (Å²) in [5.41, 5.74) is 3.01. The van der Waals surface area contributed by atoms with E-state index >= 15 is 0 Å². The number of fused-ring (bicyclic) bond motifs is 1. The van der Waals surface area contributed by atoms with Gasteiger partial charge in [-0.3, -0.25) is 4.68 Å². The Morgan fingerprint density at radius 3 is 3.05 bits per heavy atom. The maximum atomic E-state index is 4.59. The SMILES string of the molecule is CC(C)NCc1ncn(CC2CCCc3ccccc32)n1. The lowest BCUT2D eigenvalue weighted by Gasteiger charge is -2.25. The van der Waals surface area contributed by atoms with E-state index in [4.69, 9.17) is 0 Å². The molecular formula is C17H24N4. The molecule has 2 aromatic rings. The maximum absolute atomic E-state index is 4.59. The first-order valence-electron chi connectivity index (χ1n) is 7.92. The summed E-state index contributed by atoms with van der Waals surface area (Å²) >= 11 is 0. The molecule has 0 spiro atoms. The number of rotatable bonds is 5. The Kier molecular flexibility index (Phi) is 4.34. The monoisotopic (exact) mass is 284 g/mol. The quantitative estimate of drug-likeness (QED) is 0.918. The van der Waals surface area contributed by atoms with Crippen LogP contribution in [0.25, 0.3) is 0 Å². The van der Waals surface area contributed by atoms with Crippen molar-refractivity contribution in [1.82, 2.24) is 20.1 Å². The van der Waals surface area contributed by atoms with Gasteiger partial charge in [0.25, 0.3) is 0 Å². The van der Waals surface area contributed by atoms with E-state index in [9.17, 15) is 0 Å². The molecule has 1 aliphatic rings. The summed E-state index contributed by atoms with van der Waals surface area (Å²) in [6.45, 7) is 5.95. The molecule has 0 fully saturated rings. The summed E-state index contributed by atoms with van der Waals surface area (Å²) in [5, 5.41) is 7.95. The third-order valence-electron chi connectivity index (χ3n) is 4.15. The van der Waals surface area contributed by atoms with Crippen molar-refractivity contribution in [3.8, 4) is 0 Å². The maximum Gasteiger partial charge on any atom is 0.164 e. The number of aryl methyl sites for hydroxylation is 1. The van der Waals surface area contributed by atoms with Gasteiger partial charge in [-0.25, -0.2) is 4.98 Å². The predicted molar refractivity (Wildman–Crippen MR) is 84.1 cm³/mol. The molecule has 21 heavy (non-hydrogen) atoms. The van der Waals surface area contributed by atoms with E-state index in [0.717, 1.165) is 18.9 Å². The molecule has 1 aromatic heterocycles. The Balaban J connectivity index is 1.67. The van der Waals surface area contributed by atoms with E-state index in [2.05, 4.69) is 53.5 Å². The fraction of sp³-hybridized carbons (Fsp3) is 0.529. The van der Waals surface area contributed by atoms with E-state index in [1.54, 1.807) is 0 Å².